The van der Waals surface area contributed by atoms with Gasteiger partial charge in [-0.15, -0.1) is 0 Å². The van der Waals surface area contributed by atoms with Crippen LogP contribution in [0.25, 0.3) is 5.57 Å². The molecule has 0 nitrogen and oxygen atoms in total. The second-order valence-electron chi connectivity index (χ2n) is 5.50. The Hall–Kier alpha value is -1.56. The Morgan fingerprint density at radius 3 is 2.44 bits per heavy atom. The molecule has 0 saturated carbocycles. The fourth-order valence-electron chi connectivity index (χ4n) is 2.54. The molecule has 94 valence electrons. The first-order valence-corrected chi connectivity index (χ1v) is 6.70. The van der Waals surface area contributed by atoms with Gasteiger partial charge in [-0.1, -0.05) is 48.1 Å². The van der Waals surface area contributed by atoms with Crippen molar-refractivity contribution in [1.29, 1.82) is 0 Å². The van der Waals surface area contributed by atoms with E-state index in [-0.39, 0.29) is 0 Å². The molecule has 0 aromatic heterocycles. The topological polar surface area (TPSA) is 0 Å². The summed E-state index contributed by atoms with van der Waals surface area (Å²) >= 11 is 0. The Labute approximate surface area is 111 Å². The molecule has 0 N–H and O–H groups in total. The van der Waals surface area contributed by atoms with Gasteiger partial charge in [0.25, 0.3) is 0 Å². The van der Waals surface area contributed by atoms with Gasteiger partial charge < -0.3 is 0 Å². The predicted molar refractivity (Wildman–Crippen MR) is 80.7 cm³/mol. The van der Waals surface area contributed by atoms with E-state index >= 15 is 0 Å². The molecule has 1 aromatic carbocycles. The summed E-state index contributed by atoms with van der Waals surface area (Å²) in [5, 5.41) is 0. The zero-order valence-electron chi connectivity index (χ0n) is 11.7. The van der Waals surface area contributed by atoms with Gasteiger partial charge in [-0.3, -0.25) is 0 Å². The van der Waals surface area contributed by atoms with Crippen LogP contribution >= 0.6 is 0 Å². The van der Waals surface area contributed by atoms with Gasteiger partial charge in [0.1, 0.15) is 0 Å². The molecule has 0 heteroatoms. The van der Waals surface area contributed by atoms with Gasteiger partial charge >= 0.3 is 0 Å². The largest absolute Gasteiger partial charge is 0.0961 e. The third-order valence-corrected chi connectivity index (χ3v) is 3.28. The molecule has 0 atom stereocenters. The molecule has 0 unspecified atom stereocenters. The van der Waals surface area contributed by atoms with Crippen molar-refractivity contribution in [3.8, 4) is 0 Å². The van der Waals surface area contributed by atoms with Gasteiger partial charge in [-0.05, 0) is 62.3 Å². The molecule has 0 fully saturated rings. The predicted octanol–water partition coefficient (Wildman–Crippen LogP) is 5.10. The third-order valence-electron chi connectivity index (χ3n) is 3.28. The number of hydrogen-bond acceptors (Lipinski definition) is 0. The van der Waals surface area contributed by atoms with Crippen molar-refractivity contribution in [2.75, 3.05) is 0 Å². The smallest absolute Gasteiger partial charge is 0.0181 e. The van der Waals surface area contributed by atoms with E-state index in [1.165, 1.54) is 47.1 Å². The van der Waals surface area contributed by atoms with Crippen LogP contribution in [0.5, 0.6) is 0 Å². The average Bonchev–Trinajstić information content (AvgIpc) is 2.73. The molecule has 0 spiro atoms. The minimum absolute atomic E-state index is 1.10. The number of hydrogen-bond donors (Lipinski definition) is 0. The van der Waals surface area contributed by atoms with Crippen molar-refractivity contribution >= 4 is 5.57 Å². The summed E-state index contributed by atoms with van der Waals surface area (Å²) in [7, 11) is 0. The third kappa shape index (κ3) is 3.01. The quantitative estimate of drug-likeness (QED) is 0.643. The van der Waals surface area contributed by atoms with Crippen LogP contribution in [0.15, 0.2) is 48.1 Å². The Bertz CT molecular complexity index is 523. The Morgan fingerprint density at radius 2 is 1.78 bits per heavy atom. The number of benzene rings is 1. The zero-order valence-corrected chi connectivity index (χ0v) is 11.7. The van der Waals surface area contributed by atoms with Crippen LogP contribution in [0.4, 0.5) is 0 Å². The van der Waals surface area contributed by atoms with Crippen molar-refractivity contribution in [1.82, 2.24) is 0 Å². The van der Waals surface area contributed by atoms with Crippen LogP contribution in [0, 0.1) is 0 Å². The van der Waals surface area contributed by atoms with E-state index in [1.807, 2.05) is 6.92 Å². The highest BCUT2D eigenvalue weighted by Crippen LogP contribution is 2.27. The second-order valence-corrected chi connectivity index (χ2v) is 5.50. The Kier molecular flexibility index (Phi) is 3.86. The molecule has 0 aliphatic heterocycles. The van der Waals surface area contributed by atoms with Gasteiger partial charge in [-0.25, -0.2) is 0 Å². The van der Waals surface area contributed by atoms with E-state index in [0.717, 1.165) is 5.57 Å². The maximum Gasteiger partial charge on any atom is -0.0181 e. The molecule has 1 aromatic rings. The summed E-state index contributed by atoms with van der Waals surface area (Å²) in [6.07, 6.45) is 8.20. The van der Waals surface area contributed by atoms with Crippen LogP contribution in [-0.2, 0) is 12.8 Å². The molecule has 0 saturated heterocycles. The van der Waals surface area contributed by atoms with Crippen molar-refractivity contribution in [3.63, 3.8) is 0 Å². The number of fused-ring (bicyclic) bond motifs is 1. The summed E-state index contributed by atoms with van der Waals surface area (Å²) in [5.41, 5.74) is 8.08. The lowest BCUT2D eigenvalue weighted by molar-refractivity contribution is 0.912. The van der Waals surface area contributed by atoms with E-state index in [4.69, 9.17) is 0 Å². The van der Waals surface area contributed by atoms with Crippen LogP contribution in [0.1, 0.15) is 43.9 Å². The second kappa shape index (κ2) is 5.39. The molecular weight excluding hydrogens is 216 g/mol. The summed E-state index contributed by atoms with van der Waals surface area (Å²) in [4.78, 5) is 0. The van der Waals surface area contributed by atoms with Crippen molar-refractivity contribution in [3.05, 3.63) is 64.8 Å². The lowest BCUT2D eigenvalue weighted by Crippen LogP contribution is -1.88. The molecule has 1 aliphatic carbocycles. The van der Waals surface area contributed by atoms with Gasteiger partial charge in [-0.2, -0.15) is 0 Å². The standard InChI is InChI=1S/C18H22/c1-13(2)10-18(11-14(3)4)17-9-8-15-6-5-7-16(15)12-17/h8-12H,1,5-7H2,2-4H3/b18-10+. The average molecular weight is 238 g/mol. The molecule has 0 radical (unpaired) electrons. The fourth-order valence-corrected chi connectivity index (χ4v) is 2.54. The fraction of sp³-hybridized carbons (Fsp3) is 0.333. The lowest BCUT2D eigenvalue weighted by Gasteiger charge is -2.07. The highest BCUT2D eigenvalue weighted by Gasteiger charge is 2.11. The van der Waals surface area contributed by atoms with E-state index in [1.54, 1.807) is 0 Å². The molecule has 0 bridgehead atoms. The molecular formula is C18H22. The van der Waals surface area contributed by atoms with Crippen LogP contribution in [0.3, 0.4) is 0 Å². The minimum atomic E-state index is 1.10. The van der Waals surface area contributed by atoms with Gasteiger partial charge in [0, 0.05) is 0 Å². The van der Waals surface area contributed by atoms with E-state index in [2.05, 4.69) is 50.8 Å². The van der Waals surface area contributed by atoms with Crippen LogP contribution in [-0.4, -0.2) is 0 Å². The van der Waals surface area contributed by atoms with Crippen molar-refractivity contribution < 1.29 is 0 Å². The number of allylic oxidation sites excluding steroid dienone is 5. The monoisotopic (exact) mass is 238 g/mol. The SMILES string of the molecule is C=C(C)/C=C(\C=C(C)C)c1ccc2c(c1)CCC2. The van der Waals surface area contributed by atoms with Gasteiger partial charge in [0.05, 0.1) is 0 Å². The Balaban J connectivity index is 2.43. The Morgan fingerprint density at radius 1 is 1.06 bits per heavy atom. The molecule has 0 heterocycles. The first-order valence-electron chi connectivity index (χ1n) is 6.70. The van der Waals surface area contributed by atoms with Crippen molar-refractivity contribution in [2.24, 2.45) is 0 Å². The van der Waals surface area contributed by atoms with Crippen LogP contribution in [0.2, 0.25) is 0 Å². The summed E-state index contributed by atoms with van der Waals surface area (Å²) in [6.45, 7) is 10.3. The minimum Gasteiger partial charge on any atom is -0.0961 e. The first kappa shape index (κ1) is 12.9. The highest BCUT2D eigenvalue weighted by molar-refractivity contribution is 5.77. The van der Waals surface area contributed by atoms with E-state index in [0.29, 0.717) is 0 Å². The van der Waals surface area contributed by atoms with Crippen molar-refractivity contribution in [2.45, 2.75) is 40.0 Å². The van der Waals surface area contributed by atoms with Crippen LogP contribution < -0.4 is 0 Å². The number of aryl methyl sites for hydroxylation is 2. The summed E-state index contributed by atoms with van der Waals surface area (Å²) in [6, 6.07) is 6.90. The maximum atomic E-state index is 3.99. The molecule has 18 heavy (non-hydrogen) atoms. The van der Waals surface area contributed by atoms with E-state index < -0.39 is 0 Å². The van der Waals surface area contributed by atoms with Gasteiger partial charge in [0.15, 0.2) is 0 Å². The van der Waals surface area contributed by atoms with E-state index in [9.17, 15) is 0 Å². The number of rotatable bonds is 3. The molecule has 0 amide bonds. The maximum absolute atomic E-state index is 3.99. The normalized spacial score (nSPS) is 14.3. The summed E-state index contributed by atoms with van der Waals surface area (Å²) in [5.74, 6) is 0. The lowest BCUT2D eigenvalue weighted by atomic mass is 9.98. The first-order chi connectivity index (χ1) is 8.56. The zero-order chi connectivity index (χ0) is 13.1. The molecule has 2 rings (SSSR count). The summed E-state index contributed by atoms with van der Waals surface area (Å²) < 4.78 is 0. The van der Waals surface area contributed by atoms with Gasteiger partial charge in [0.2, 0.25) is 0 Å². The molecule has 1 aliphatic rings. The highest BCUT2D eigenvalue weighted by atomic mass is 14.2.